The number of nitrogens with one attached hydrogen (secondary N) is 1. The van der Waals surface area contributed by atoms with Crippen molar-refractivity contribution in [1.29, 1.82) is 0 Å². The second kappa shape index (κ2) is 5.35. The molecule has 88 valence electrons. The molecule has 0 aliphatic heterocycles. The van der Waals surface area contributed by atoms with E-state index >= 15 is 0 Å². The van der Waals surface area contributed by atoms with Crippen LogP contribution < -0.4 is 5.32 Å². The molecule has 1 aliphatic rings. The van der Waals surface area contributed by atoms with E-state index < -0.39 is 0 Å². The summed E-state index contributed by atoms with van der Waals surface area (Å²) in [6.07, 6.45) is 5.31. The molecule has 0 spiro atoms. The smallest absolute Gasteiger partial charge is 0.115 e. The number of hydrogen-bond donors (Lipinski definition) is 2. The van der Waals surface area contributed by atoms with Crippen LogP contribution >= 0.6 is 0 Å². The first kappa shape index (κ1) is 11.5. The molecular weight excluding hydrogens is 198 g/mol. The van der Waals surface area contributed by atoms with Crippen LogP contribution in [0.1, 0.15) is 38.2 Å². The maximum Gasteiger partial charge on any atom is 0.115 e. The highest BCUT2D eigenvalue weighted by Crippen LogP contribution is 2.28. The Hall–Kier alpha value is -1.02. The van der Waals surface area contributed by atoms with Gasteiger partial charge in [-0.3, -0.25) is 0 Å². The van der Waals surface area contributed by atoms with Crippen molar-refractivity contribution in [2.45, 2.75) is 45.2 Å². The quantitative estimate of drug-likeness (QED) is 0.815. The zero-order valence-corrected chi connectivity index (χ0v) is 9.95. The van der Waals surface area contributed by atoms with Crippen molar-refractivity contribution in [2.24, 2.45) is 5.92 Å². The lowest BCUT2D eigenvalue weighted by atomic mass is 10.0. The molecule has 2 rings (SSSR count). The Labute approximate surface area is 97.7 Å². The summed E-state index contributed by atoms with van der Waals surface area (Å²) < 4.78 is 0. The van der Waals surface area contributed by atoms with Gasteiger partial charge in [-0.05, 0) is 36.5 Å². The van der Waals surface area contributed by atoms with Crippen LogP contribution in [0.2, 0.25) is 0 Å². The first-order valence-corrected chi connectivity index (χ1v) is 6.31. The number of benzene rings is 1. The first-order valence-electron chi connectivity index (χ1n) is 6.31. The third-order valence-corrected chi connectivity index (χ3v) is 3.66. The summed E-state index contributed by atoms with van der Waals surface area (Å²) in [6, 6.07) is 8.19. The molecular formula is C14H21NO. The van der Waals surface area contributed by atoms with Gasteiger partial charge in [0.2, 0.25) is 0 Å². The number of hydrogen-bond acceptors (Lipinski definition) is 2. The van der Waals surface area contributed by atoms with Crippen molar-refractivity contribution >= 4 is 0 Å². The van der Waals surface area contributed by atoms with Crippen LogP contribution in [-0.4, -0.2) is 11.1 Å². The predicted octanol–water partition coefficient (Wildman–Crippen LogP) is 3.06. The topological polar surface area (TPSA) is 32.3 Å². The third-order valence-electron chi connectivity index (χ3n) is 3.66. The lowest BCUT2D eigenvalue weighted by Gasteiger charge is -2.19. The molecule has 16 heavy (non-hydrogen) atoms. The van der Waals surface area contributed by atoms with E-state index in [4.69, 9.17) is 0 Å². The maximum absolute atomic E-state index is 9.38. The van der Waals surface area contributed by atoms with Crippen molar-refractivity contribution < 1.29 is 5.11 Å². The van der Waals surface area contributed by atoms with Gasteiger partial charge in [0, 0.05) is 12.6 Å². The van der Waals surface area contributed by atoms with E-state index in [-0.39, 0.29) is 0 Å². The van der Waals surface area contributed by atoms with E-state index in [0.717, 1.165) is 12.5 Å². The summed E-state index contributed by atoms with van der Waals surface area (Å²) in [5.41, 5.74) is 1.17. The second-order valence-electron chi connectivity index (χ2n) is 4.76. The molecule has 0 saturated heterocycles. The van der Waals surface area contributed by atoms with Crippen LogP contribution in [0.25, 0.3) is 0 Å². The lowest BCUT2D eigenvalue weighted by molar-refractivity contribution is 0.389. The molecule has 1 fully saturated rings. The van der Waals surface area contributed by atoms with Crippen LogP contribution in [0.15, 0.2) is 24.3 Å². The minimum atomic E-state index is 0.359. The van der Waals surface area contributed by atoms with Crippen LogP contribution in [0.4, 0.5) is 0 Å². The van der Waals surface area contributed by atoms with Gasteiger partial charge in [-0.15, -0.1) is 0 Å². The summed E-state index contributed by atoms with van der Waals surface area (Å²) in [5, 5.41) is 13.0. The molecule has 0 amide bonds. The highest BCUT2D eigenvalue weighted by Gasteiger charge is 2.24. The van der Waals surface area contributed by atoms with Crippen LogP contribution in [0.5, 0.6) is 5.75 Å². The van der Waals surface area contributed by atoms with Crippen LogP contribution in [0, 0.1) is 5.92 Å². The number of rotatable bonds is 4. The zero-order valence-electron chi connectivity index (χ0n) is 9.95. The molecule has 1 aromatic carbocycles. The van der Waals surface area contributed by atoms with E-state index in [1.807, 2.05) is 12.1 Å². The van der Waals surface area contributed by atoms with Crippen molar-refractivity contribution in [3.63, 3.8) is 0 Å². The van der Waals surface area contributed by atoms with Crippen molar-refractivity contribution in [2.75, 3.05) is 0 Å². The molecule has 2 unspecified atom stereocenters. The predicted molar refractivity (Wildman–Crippen MR) is 66.4 cm³/mol. The second-order valence-corrected chi connectivity index (χ2v) is 4.76. The van der Waals surface area contributed by atoms with Crippen molar-refractivity contribution in [3.05, 3.63) is 29.8 Å². The minimum Gasteiger partial charge on any atom is -0.508 e. The van der Waals surface area contributed by atoms with Crippen LogP contribution in [0.3, 0.4) is 0 Å². The van der Waals surface area contributed by atoms with E-state index in [1.165, 1.54) is 31.2 Å². The molecule has 2 heteroatoms. The number of phenolic OH excluding ortho intramolecular Hbond substituents is 1. The number of phenols is 1. The Balaban J connectivity index is 1.87. The first-order chi connectivity index (χ1) is 7.79. The monoisotopic (exact) mass is 219 g/mol. The molecule has 0 radical (unpaired) electrons. The average molecular weight is 219 g/mol. The zero-order chi connectivity index (χ0) is 11.4. The van der Waals surface area contributed by atoms with Gasteiger partial charge in [0.15, 0.2) is 0 Å². The fourth-order valence-corrected chi connectivity index (χ4v) is 2.71. The highest BCUT2D eigenvalue weighted by molar-refractivity contribution is 5.26. The Morgan fingerprint density at radius 1 is 1.38 bits per heavy atom. The number of aromatic hydroxyl groups is 1. The van der Waals surface area contributed by atoms with Crippen LogP contribution in [-0.2, 0) is 6.54 Å². The van der Waals surface area contributed by atoms with Gasteiger partial charge in [-0.1, -0.05) is 31.9 Å². The Bertz CT molecular complexity index is 337. The Morgan fingerprint density at radius 2 is 2.25 bits per heavy atom. The molecule has 1 aromatic rings. The largest absolute Gasteiger partial charge is 0.508 e. The van der Waals surface area contributed by atoms with Crippen molar-refractivity contribution in [3.8, 4) is 5.75 Å². The molecule has 0 heterocycles. The Kier molecular flexibility index (Phi) is 3.83. The summed E-state index contributed by atoms with van der Waals surface area (Å²) in [6.45, 7) is 3.15. The molecule has 2 nitrogen and oxygen atoms in total. The van der Waals surface area contributed by atoms with E-state index in [0.29, 0.717) is 11.8 Å². The Morgan fingerprint density at radius 3 is 3.00 bits per heavy atom. The molecule has 0 aromatic heterocycles. The summed E-state index contributed by atoms with van der Waals surface area (Å²) in [4.78, 5) is 0. The standard InChI is InChI=1S/C14H21NO/c1-2-12-6-4-8-14(12)15-10-11-5-3-7-13(16)9-11/h3,5,7,9,12,14-16H,2,4,6,8,10H2,1H3. The summed E-state index contributed by atoms with van der Waals surface area (Å²) in [7, 11) is 0. The highest BCUT2D eigenvalue weighted by atomic mass is 16.3. The van der Waals surface area contributed by atoms with Gasteiger partial charge < -0.3 is 10.4 Å². The van der Waals surface area contributed by atoms with Gasteiger partial charge in [0.1, 0.15) is 5.75 Å². The SMILES string of the molecule is CCC1CCCC1NCc1cccc(O)c1. The van der Waals surface area contributed by atoms with Gasteiger partial charge in [-0.2, -0.15) is 0 Å². The third kappa shape index (κ3) is 2.76. The molecule has 2 atom stereocenters. The van der Waals surface area contributed by atoms with Gasteiger partial charge in [0.25, 0.3) is 0 Å². The lowest BCUT2D eigenvalue weighted by Crippen LogP contribution is -2.31. The molecule has 1 saturated carbocycles. The average Bonchev–Trinajstić information content (AvgIpc) is 2.74. The molecule has 0 bridgehead atoms. The van der Waals surface area contributed by atoms with E-state index in [9.17, 15) is 5.11 Å². The summed E-state index contributed by atoms with van der Waals surface area (Å²) >= 11 is 0. The minimum absolute atomic E-state index is 0.359. The fraction of sp³-hybridized carbons (Fsp3) is 0.571. The van der Waals surface area contributed by atoms with Crippen molar-refractivity contribution in [1.82, 2.24) is 5.32 Å². The van der Waals surface area contributed by atoms with E-state index in [2.05, 4.69) is 18.3 Å². The van der Waals surface area contributed by atoms with E-state index in [1.54, 1.807) is 6.07 Å². The normalized spacial score (nSPS) is 24.8. The van der Waals surface area contributed by atoms with Gasteiger partial charge >= 0.3 is 0 Å². The molecule has 1 aliphatic carbocycles. The molecule has 2 N–H and O–H groups in total. The van der Waals surface area contributed by atoms with Gasteiger partial charge in [0.05, 0.1) is 0 Å². The maximum atomic E-state index is 9.38. The van der Waals surface area contributed by atoms with Gasteiger partial charge in [-0.25, -0.2) is 0 Å². The summed E-state index contributed by atoms with van der Waals surface area (Å²) in [5.74, 6) is 1.20. The fourth-order valence-electron chi connectivity index (χ4n) is 2.71.